The highest BCUT2D eigenvalue weighted by atomic mass is 16.2. The van der Waals surface area contributed by atoms with Gasteiger partial charge >= 0.3 is 0 Å². The van der Waals surface area contributed by atoms with Crippen LogP contribution in [-0.4, -0.2) is 22.9 Å². The van der Waals surface area contributed by atoms with E-state index in [0.29, 0.717) is 18.4 Å². The van der Waals surface area contributed by atoms with Crippen LogP contribution in [0.4, 0.5) is 0 Å². The van der Waals surface area contributed by atoms with Crippen LogP contribution in [0.3, 0.4) is 0 Å². The Bertz CT molecular complexity index is 305. The summed E-state index contributed by atoms with van der Waals surface area (Å²) in [7, 11) is 0. The van der Waals surface area contributed by atoms with Gasteiger partial charge in [0.05, 0.1) is 6.04 Å². The van der Waals surface area contributed by atoms with E-state index in [1.807, 2.05) is 4.90 Å². The summed E-state index contributed by atoms with van der Waals surface area (Å²) in [4.78, 5) is 13.7. The van der Waals surface area contributed by atoms with E-state index in [1.165, 1.54) is 0 Å². The Kier molecular flexibility index (Phi) is 2.22. The Morgan fingerprint density at radius 3 is 2.86 bits per heavy atom. The predicted octanol–water partition coefficient (Wildman–Crippen LogP) is 2.27. The fourth-order valence-corrected chi connectivity index (χ4v) is 2.59. The summed E-state index contributed by atoms with van der Waals surface area (Å²) in [5, 5.41) is 0. The van der Waals surface area contributed by atoms with Gasteiger partial charge in [-0.1, -0.05) is 20.1 Å². The van der Waals surface area contributed by atoms with Gasteiger partial charge in [-0.3, -0.25) is 4.79 Å². The summed E-state index contributed by atoms with van der Waals surface area (Å²) in [6.45, 7) is 10.2. The van der Waals surface area contributed by atoms with Crippen LogP contribution in [0.15, 0.2) is 24.3 Å². The zero-order valence-electron chi connectivity index (χ0n) is 8.75. The topological polar surface area (TPSA) is 20.3 Å². The molecule has 1 unspecified atom stereocenters. The van der Waals surface area contributed by atoms with E-state index in [0.717, 1.165) is 30.4 Å². The minimum atomic E-state index is 0.258. The Morgan fingerprint density at radius 1 is 1.50 bits per heavy atom. The average molecular weight is 191 g/mol. The van der Waals surface area contributed by atoms with E-state index >= 15 is 0 Å². The third kappa shape index (κ3) is 1.21. The monoisotopic (exact) mass is 191 g/mol. The summed E-state index contributed by atoms with van der Waals surface area (Å²) in [5.74, 6) is 0.301. The van der Waals surface area contributed by atoms with Crippen molar-refractivity contribution >= 4 is 5.91 Å². The molecule has 0 radical (unpaired) electrons. The molecule has 0 aromatic heterocycles. The number of hydrogen-bond donors (Lipinski definition) is 0. The third-order valence-corrected chi connectivity index (χ3v) is 3.46. The first-order valence-corrected chi connectivity index (χ1v) is 5.33. The maximum atomic E-state index is 11.7. The molecule has 0 aliphatic carbocycles. The smallest absolute Gasteiger partial charge is 0.223 e. The molecule has 2 heterocycles. The number of carbonyl (C=O) groups excluding carboxylic acids is 1. The molecule has 0 spiro atoms. The molecule has 2 heteroatoms. The van der Waals surface area contributed by atoms with Crippen molar-refractivity contribution < 1.29 is 4.79 Å². The lowest BCUT2D eigenvalue weighted by Crippen LogP contribution is -2.46. The number of nitrogens with zero attached hydrogens (tertiary/aromatic N) is 1. The highest BCUT2D eigenvalue weighted by Gasteiger charge is 2.40. The highest BCUT2D eigenvalue weighted by molar-refractivity contribution is 5.80. The SMILES string of the molecule is C=C1CC(CC)N2C(=O)CC[C@H]2C1=C. The molecular formula is C12H17NO. The van der Waals surface area contributed by atoms with Gasteiger partial charge in [-0.2, -0.15) is 0 Å². The summed E-state index contributed by atoms with van der Waals surface area (Å²) in [5.41, 5.74) is 2.23. The van der Waals surface area contributed by atoms with E-state index < -0.39 is 0 Å². The number of carbonyl (C=O) groups is 1. The Morgan fingerprint density at radius 2 is 2.21 bits per heavy atom. The quantitative estimate of drug-likeness (QED) is 0.622. The van der Waals surface area contributed by atoms with Crippen molar-refractivity contribution in [1.29, 1.82) is 0 Å². The number of piperidine rings is 1. The molecule has 1 amide bonds. The first kappa shape index (κ1) is 9.50. The number of fused-ring (bicyclic) bond motifs is 1. The van der Waals surface area contributed by atoms with Gasteiger partial charge in [0, 0.05) is 12.5 Å². The van der Waals surface area contributed by atoms with Gasteiger partial charge < -0.3 is 4.90 Å². The molecule has 2 nitrogen and oxygen atoms in total. The van der Waals surface area contributed by atoms with Gasteiger partial charge in [-0.05, 0) is 30.4 Å². The second kappa shape index (κ2) is 3.26. The molecule has 0 aromatic carbocycles. The van der Waals surface area contributed by atoms with Gasteiger partial charge in [0.25, 0.3) is 0 Å². The third-order valence-electron chi connectivity index (χ3n) is 3.46. The van der Waals surface area contributed by atoms with E-state index in [2.05, 4.69) is 20.1 Å². The summed E-state index contributed by atoms with van der Waals surface area (Å²) >= 11 is 0. The van der Waals surface area contributed by atoms with Crippen LogP contribution in [-0.2, 0) is 4.79 Å². The van der Waals surface area contributed by atoms with Gasteiger partial charge in [0.2, 0.25) is 5.91 Å². The molecule has 2 rings (SSSR count). The van der Waals surface area contributed by atoms with Crippen LogP contribution in [0.5, 0.6) is 0 Å². The number of hydrogen-bond acceptors (Lipinski definition) is 1. The van der Waals surface area contributed by atoms with Crippen LogP contribution in [0.1, 0.15) is 32.6 Å². The van der Waals surface area contributed by atoms with E-state index in [1.54, 1.807) is 0 Å². The van der Waals surface area contributed by atoms with Gasteiger partial charge in [-0.25, -0.2) is 0 Å². The zero-order chi connectivity index (χ0) is 10.3. The first-order valence-electron chi connectivity index (χ1n) is 5.33. The van der Waals surface area contributed by atoms with Crippen molar-refractivity contribution in [2.45, 2.75) is 44.7 Å². The predicted molar refractivity (Wildman–Crippen MR) is 56.8 cm³/mol. The minimum absolute atomic E-state index is 0.258. The molecule has 2 fully saturated rings. The van der Waals surface area contributed by atoms with Crippen LogP contribution in [0, 0.1) is 0 Å². The molecule has 14 heavy (non-hydrogen) atoms. The maximum absolute atomic E-state index is 11.7. The van der Waals surface area contributed by atoms with E-state index in [-0.39, 0.29) is 6.04 Å². The minimum Gasteiger partial charge on any atom is -0.332 e. The van der Waals surface area contributed by atoms with Crippen molar-refractivity contribution in [3.8, 4) is 0 Å². The van der Waals surface area contributed by atoms with Crippen molar-refractivity contribution in [2.24, 2.45) is 0 Å². The largest absolute Gasteiger partial charge is 0.332 e. The van der Waals surface area contributed by atoms with Crippen molar-refractivity contribution in [2.75, 3.05) is 0 Å². The molecule has 0 saturated carbocycles. The van der Waals surface area contributed by atoms with Gasteiger partial charge in [0.1, 0.15) is 0 Å². The number of amides is 1. The van der Waals surface area contributed by atoms with Crippen LogP contribution in [0.25, 0.3) is 0 Å². The van der Waals surface area contributed by atoms with E-state index in [9.17, 15) is 4.79 Å². The van der Waals surface area contributed by atoms with Gasteiger partial charge in [0.15, 0.2) is 0 Å². The lowest BCUT2D eigenvalue weighted by atomic mass is 9.87. The van der Waals surface area contributed by atoms with Crippen LogP contribution in [0.2, 0.25) is 0 Å². The summed E-state index contributed by atoms with van der Waals surface area (Å²) in [6.07, 6.45) is 3.56. The number of rotatable bonds is 1. The lowest BCUT2D eigenvalue weighted by molar-refractivity contribution is -0.131. The molecule has 2 saturated heterocycles. The average Bonchev–Trinajstić information content (AvgIpc) is 2.55. The Hall–Kier alpha value is -1.05. The fraction of sp³-hybridized carbons (Fsp3) is 0.583. The van der Waals surface area contributed by atoms with Crippen LogP contribution < -0.4 is 0 Å². The molecule has 2 aliphatic rings. The highest BCUT2D eigenvalue weighted by Crippen LogP contribution is 2.37. The normalized spacial score (nSPS) is 32.4. The molecule has 0 bridgehead atoms. The van der Waals surface area contributed by atoms with Crippen LogP contribution >= 0.6 is 0 Å². The standard InChI is InChI=1S/C12H17NO/c1-4-10-7-8(2)9(3)11-5-6-12(14)13(10)11/h10-11H,2-7H2,1H3/t10?,11-/m0/s1. The summed E-state index contributed by atoms with van der Waals surface area (Å²) in [6, 6.07) is 0.627. The Labute approximate surface area is 85.3 Å². The molecule has 0 N–H and O–H groups in total. The first-order chi connectivity index (χ1) is 6.65. The summed E-state index contributed by atoms with van der Waals surface area (Å²) < 4.78 is 0. The molecular weight excluding hydrogens is 174 g/mol. The fourth-order valence-electron chi connectivity index (χ4n) is 2.59. The molecule has 76 valence electrons. The Balaban J connectivity index is 2.29. The molecule has 0 aromatic rings. The van der Waals surface area contributed by atoms with Crippen molar-refractivity contribution in [1.82, 2.24) is 4.90 Å². The molecule has 2 atom stereocenters. The van der Waals surface area contributed by atoms with E-state index in [4.69, 9.17) is 0 Å². The van der Waals surface area contributed by atoms with Gasteiger partial charge in [-0.15, -0.1) is 0 Å². The second-order valence-corrected chi connectivity index (χ2v) is 4.25. The van der Waals surface area contributed by atoms with Crippen molar-refractivity contribution in [3.05, 3.63) is 24.3 Å². The lowest BCUT2D eigenvalue weighted by Gasteiger charge is -2.40. The second-order valence-electron chi connectivity index (χ2n) is 4.25. The maximum Gasteiger partial charge on any atom is 0.223 e. The zero-order valence-corrected chi connectivity index (χ0v) is 8.75. The van der Waals surface area contributed by atoms with Crippen molar-refractivity contribution in [3.63, 3.8) is 0 Å². The molecule has 2 aliphatic heterocycles.